The molecule has 1 aromatic carbocycles. The van der Waals surface area contributed by atoms with Gasteiger partial charge in [-0.25, -0.2) is 4.99 Å². The SMILES string of the molecule is CCNC(=NCc1nccc2ccccc12)NCC1(N2CCOCC2)CCCCC1. The van der Waals surface area contributed by atoms with E-state index in [9.17, 15) is 0 Å². The molecular weight excluding hydrogens is 374 g/mol. The average Bonchev–Trinajstić information content (AvgIpc) is 2.82. The summed E-state index contributed by atoms with van der Waals surface area (Å²) in [6.07, 6.45) is 8.36. The largest absolute Gasteiger partial charge is 0.379 e. The normalized spacial score (nSPS) is 20.2. The summed E-state index contributed by atoms with van der Waals surface area (Å²) in [6, 6.07) is 10.4. The first-order chi connectivity index (χ1) is 14.8. The van der Waals surface area contributed by atoms with Crippen LogP contribution in [0.5, 0.6) is 0 Å². The maximum absolute atomic E-state index is 5.62. The lowest BCUT2D eigenvalue weighted by molar-refractivity contribution is -0.0352. The van der Waals surface area contributed by atoms with E-state index >= 15 is 0 Å². The van der Waals surface area contributed by atoms with Crippen molar-refractivity contribution in [1.29, 1.82) is 0 Å². The van der Waals surface area contributed by atoms with Crippen molar-refractivity contribution in [1.82, 2.24) is 20.5 Å². The zero-order valence-corrected chi connectivity index (χ0v) is 18.2. The molecule has 0 spiro atoms. The summed E-state index contributed by atoms with van der Waals surface area (Å²) < 4.78 is 5.62. The Morgan fingerprint density at radius 1 is 1.10 bits per heavy atom. The molecule has 0 unspecified atom stereocenters. The van der Waals surface area contributed by atoms with Gasteiger partial charge in [0.1, 0.15) is 0 Å². The van der Waals surface area contributed by atoms with Crippen LogP contribution in [0.15, 0.2) is 41.5 Å². The van der Waals surface area contributed by atoms with Crippen LogP contribution in [-0.2, 0) is 11.3 Å². The second-order valence-corrected chi connectivity index (χ2v) is 8.41. The molecule has 162 valence electrons. The standard InChI is InChI=1S/C24H35N5O/c1-2-25-23(27-18-22-21-9-5-4-8-20(21)10-13-26-22)28-19-24(11-6-3-7-12-24)29-14-16-30-17-15-29/h4-5,8-10,13H,2-3,6-7,11-12,14-19H2,1H3,(H2,25,27,28). The third-order valence-corrected chi connectivity index (χ3v) is 6.54. The Balaban J connectivity index is 1.47. The number of guanidine groups is 1. The summed E-state index contributed by atoms with van der Waals surface area (Å²) in [5, 5.41) is 9.49. The monoisotopic (exact) mass is 409 g/mol. The number of nitrogens with zero attached hydrogens (tertiary/aromatic N) is 3. The van der Waals surface area contributed by atoms with Gasteiger partial charge in [0.2, 0.25) is 0 Å². The Labute approximate surface area is 180 Å². The Bertz CT molecular complexity index is 835. The highest BCUT2D eigenvalue weighted by Gasteiger charge is 2.38. The fraction of sp³-hybridized carbons (Fsp3) is 0.583. The third kappa shape index (κ3) is 4.93. The molecule has 4 rings (SSSR count). The van der Waals surface area contributed by atoms with E-state index in [1.54, 1.807) is 0 Å². The van der Waals surface area contributed by atoms with Gasteiger partial charge in [-0.2, -0.15) is 0 Å². The number of benzene rings is 1. The highest BCUT2D eigenvalue weighted by molar-refractivity contribution is 5.85. The number of pyridine rings is 1. The van der Waals surface area contributed by atoms with E-state index in [1.807, 2.05) is 6.20 Å². The van der Waals surface area contributed by atoms with Crippen LogP contribution in [0, 0.1) is 0 Å². The van der Waals surface area contributed by atoms with E-state index in [1.165, 1.54) is 42.9 Å². The number of hydrogen-bond donors (Lipinski definition) is 2. The Morgan fingerprint density at radius 3 is 2.70 bits per heavy atom. The van der Waals surface area contributed by atoms with Gasteiger partial charge in [-0.3, -0.25) is 9.88 Å². The molecule has 0 atom stereocenters. The lowest BCUT2D eigenvalue weighted by atomic mass is 9.80. The number of fused-ring (bicyclic) bond motifs is 1. The van der Waals surface area contributed by atoms with Gasteiger partial charge in [-0.05, 0) is 31.2 Å². The molecule has 2 N–H and O–H groups in total. The van der Waals surface area contributed by atoms with Crippen LogP contribution < -0.4 is 10.6 Å². The van der Waals surface area contributed by atoms with Crippen LogP contribution in [0.2, 0.25) is 0 Å². The van der Waals surface area contributed by atoms with Gasteiger partial charge in [0, 0.05) is 43.3 Å². The molecule has 0 amide bonds. The topological polar surface area (TPSA) is 61.8 Å². The average molecular weight is 410 g/mol. The van der Waals surface area contributed by atoms with E-state index in [0.29, 0.717) is 6.54 Å². The summed E-state index contributed by atoms with van der Waals surface area (Å²) in [5.74, 6) is 0.880. The van der Waals surface area contributed by atoms with Gasteiger partial charge in [0.25, 0.3) is 0 Å². The van der Waals surface area contributed by atoms with Crippen molar-refractivity contribution in [2.75, 3.05) is 39.4 Å². The zero-order valence-electron chi connectivity index (χ0n) is 18.2. The van der Waals surface area contributed by atoms with Crippen LogP contribution in [0.1, 0.15) is 44.7 Å². The number of aliphatic imine (C=N–C) groups is 1. The van der Waals surface area contributed by atoms with Gasteiger partial charge < -0.3 is 15.4 Å². The Morgan fingerprint density at radius 2 is 1.90 bits per heavy atom. The first kappa shape index (κ1) is 21.1. The second kappa shape index (κ2) is 10.2. The fourth-order valence-corrected chi connectivity index (χ4v) is 4.90. The van der Waals surface area contributed by atoms with E-state index < -0.39 is 0 Å². The van der Waals surface area contributed by atoms with Crippen molar-refractivity contribution >= 4 is 16.7 Å². The predicted octanol–water partition coefficient (Wildman–Crippen LogP) is 3.33. The van der Waals surface area contributed by atoms with Gasteiger partial charge >= 0.3 is 0 Å². The van der Waals surface area contributed by atoms with Crippen LogP contribution in [0.25, 0.3) is 10.8 Å². The molecule has 6 nitrogen and oxygen atoms in total. The summed E-state index contributed by atoms with van der Waals surface area (Å²) in [7, 11) is 0. The second-order valence-electron chi connectivity index (χ2n) is 8.41. The molecule has 1 saturated heterocycles. The smallest absolute Gasteiger partial charge is 0.191 e. The van der Waals surface area contributed by atoms with Crippen LogP contribution >= 0.6 is 0 Å². The zero-order chi connectivity index (χ0) is 20.7. The number of morpholine rings is 1. The van der Waals surface area contributed by atoms with E-state index in [0.717, 1.165) is 51.0 Å². The van der Waals surface area contributed by atoms with Gasteiger partial charge in [-0.1, -0.05) is 43.5 Å². The third-order valence-electron chi connectivity index (χ3n) is 6.54. The van der Waals surface area contributed by atoms with Crippen molar-refractivity contribution in [2.45, 2.75) is 51.1 Å². The molecule has 1 aliphatic carbocycles. The molecule has 1 saturated carbocycles. The van der Waals surface area contributed by atoms with Crippen LogP contribution in [0.3, 0.4) is 0 Å². The first-order valence-electron chi connectivity index (χ1n) is 11.5. The molecular formula is C24H35N5O. The van der Waals surface area contributed by atoms with E-state index in [4.69, 9.17) is 9.73 Å². The number of ether oxygens (including phenoxy) is 1. The highest BCUT2D eigenvalue weighted by atomic mass is 16.5. The summed E-state index contributed by atoms with van der Waals surface area (Å²) in [5.41, 5.74) is 1.24. The van der Waals surface area contributed by atoms with Crippen LogP contribution in [-0.4, -0.2) is 60.8 Å². The Kier molecular flexibility index (Phi) is 7.18. The van der Waals surface area contributed by atoms with Crippen molar-refractivity contribution in [2.24, 2.45) is 4.99 Å². The molecule has 1 aromatic heterocycles. The minimum absolute atomic E-state index is 0.218. The van der Waals surface area contributed by atoms with Gasteiger partial charge in [0.05, 0.1) is 25.5 Å². The van der Waals surface area contributed by atoms with Gasteiger partial charge in [-0.15, -0.1) is 0 Å². The molecule has 0 radical (unpaired) electrons. The first-order valence-corrected chi connectivity index (χ1v) is 11.5. The minimum Gasteiger partial charge on any atom is -0.379 e. The van der Waals surface area contributed by atoms with Crippen LogP contribution in [0.4, 0.5) is 0 Å². The van der Waals surface area contributed by atoms with E-state index in [-0.39, 0.29) is 5.54 Å². The maximum Gasteiger partial charge on any atom is 0.191 e. The Hall–Kier alpha value is -2.18. The summed E-state index contributed by atoms with van der Waals surface area (Å²) in [6.45, 7) is 8.24. The fourth-order valence-electron chi connectivity index (χ4n) is 4.90. The van der Waals surface area contributed by atoms with Gasteiger partial charge in [0.15, 0.2) is 5.96 Å². The molecule has 1 aliphatic heterocycles. The van der Waals surface area contributed by atoms with Crippen molar-refractivity contribution < 1.29 is 4.74 Å². The molecule has 2 aliphatic rings. The number of nitrogens with one attached hydrogen (secondary N) is 2. The minimum atomic E-state index is 0.218. The molecule has 30 heavy (non-hydrogen) atoms. The lowest BCUT2D eigenvalue weighted by Gasteiger charge is -2.48. The predicted molar refractivity (Wildman–Crippen MR) is 123 cm³/mol. The molecule has 2 heterocycles. The number of rotatable bonds is 6. The van der Waals surface area contributed by atoms with Crippen molar-refractivity contribution in [3.8, 4) is 0 Å². The lowest BCUT2D eigenvalue weighted by Crippen LogP contribution is -2.60. The molecule has 0 bridgehead atoms. The quantitative estimate of drug-likeness (QED) is 0.566. The summed E-state index contributed by atoms with van der Waals surface area (Å²) in [4.78, 5) is 12.1. The highest BCUT2D eigenvalue weighted by Crippen LogP contribution is 2.33. The summed E-state index contributed by atoms with van der Waals surface area (Å²) >= 11 is 0. The van der Waals surface area contributed by atoms with Crippen molar-refractivity contribution in [3.63, 3.8) is 0 Å². The molecule has 6 heteroatoms. The van der Waals surface area contributed by atoms with Crippen molar-refractivity contribution in [3.05, 3.63) is 42.2 Å². The maximum atomic E-state index is 5.62. The van der Waals surface area contributed by atoms with E-state index in [2.05, 4.69) is 57.8 Å². The molecule has 2 aromatic rings. The number of aromatic nitrogens is 1. The molecule has 2 fully saturated rings. The number of hydrogen-bond acceptors (Lipinski definition) is 4.